The summed E-state index contributed by atoms with van der Waals surface area (Å²) < 4.78 is 40.9. The average Bonchev–Trinajstić information content (AvgIpc) is 3.55. The van der Waals surface area contributed by atoms with Gasteiger partial charge in [-0.3, -0.25) is 9.59 Å². The van der Waals surface area contributed by atoms with E-state index in [0.717, 1.165) is 0 Å². The predicted octanol–water partition coefficient (Wildman–Crippen LogP) is 2.94. The second kappa shape index (κ2) is 9.58. The lowest BCUT2D eigenvalue weighted by molar-refractivity contribution is -0.177. The summed E-state index contributed by atoms with van der Waals surface area (Å²) in [6, 6.07) is 1.68. The molecule has 1 aromatic carbocycles. The molecular formula is C29H32O11. The summed E-state index contributed by atoms with van der Waals surface area (Å²) >= 11 is 0. The zero-order valence-corrected chi connectivity index (χ0v) is 23.4. The maximum absolute atomic E-state index is 13.4. The van der Waals surface area contributed by atoms with Crippen molar-refractivity contribution in [3.05, 3.63) is 52.0 Å². The van der Waals surface area contributed by atoms with E-state index >= 15 is 0 Å². The van der Waals surface area contributed by atoms with E-state index in [1.807, 2.05) is 0 Å². The minimum atomic E-state index is -1.87. The fraction of sp³-hybridized carbons (Fsp3) is 0.483. The second-order valence-electron chi connectivity index (χ2n) is 10.4. The van der Waals surface area contributed by atoms with Crippen LogP contribution in [0.5, 0.6) is 17.2 Å². The Morgan fingerprint density at radius 3 is 2.45 bits per heavy atom. The van der Waals surface area contributed by atoms with Crippen LogP contribution in [-0.4, -0.2) is 62.2 Å². The number of hydrogen-bond donors (Lipinski definition) is 1. The molecule has 2 aliphatic heterocycles. The fourth-order valence-electron chi connectivity index (χ4n) is 5.99. The SMILES string of the molecule is CC=C(C)C(=O)O[C@H]1C2=CC(=O)C(OC)=C(OC)[C@@]23COc2c4c(cc(c23)[C@H](OC(C)=O)[C@H](C)[C@]1(C)O)OCO4. The normalized spacial score (nSPS) is 30.3. The number of carbonyl (C=O) groups is 3. The first-order chi connectivity index (χ1) is 18.9. The third kappa shape index (κ3) is 3.71. The molecule has 4 aliphatic rings. The van der Waals surface area contributed by atoms with Crippen LogP contribution in [-0.2, 0) is 38.7 Å². The minimum Gasteiger partial charge on any atom is -0.496 e. The topological polar surface area (TPSA) is 136 Å². The van der Waals surface area contributed by atoms with E-state index in [4.69, 9.17) is 33.2 Å². The maximum Gasteiger partial charge on any atom is 0.334 e. The molecule has 11 heteroatoms. The van der Waals surface area contributed by atoms with Crippen molar-refractivity contribution in [2.24, 2.45) is 5.92 Å². The van der Waals surface area contributed by atoms with Gasteiger partial charge in [0.15, 0.2) is 23.4 Å². The summed E-state index contributed by atoms with van der Waals surface area (Å²) in [6.07, 6.45) is 0.423. The number of esters is 2. The van der Waals surface area contributed by atoms with Gasteiger partial charge in [-0.2, -0.15) is 0 Å². The number of carbonyl (C=O) groups excluding carboxylic acids is 3. The van der Waals surface area contributed by atoms with Gasteiger partial charge in [0, 0.05) is 29.5 Å². The van der Waals surface area contributed by atoms with E-state index in [-0.39, 0.29) is 30.5 Å². The van der Waals surface area contributed by atoms with E-state index in [9.17, 15) is 19.5 Å². The first-order valence-electron chi connectivity index (χ1n) is 12.9. The zero-order valence-electron chi connectivity index (χ0n) is 23.4. The first-order valence-corrected chi connectivity index (χ1v) is 12.9. The Hall–Kier alpha value is -3.99. The number of fused-ring (bicyclic) bond motifs is 2. The highest BCUT2D eigenvalue weighted by Crippen LogP contribution is 2.63. The molecule has 0 amide bonds. The van der Waals surface area contributed by atoms with Crippen LogP contribution in [0.1, 0.15) is 51.8 Å². The fourth-order valence-corrected chi connectivity index (χ4v) is 5.99. The minimum absolute atomic E-state index is 0.0621. The van der Waals surface area contributed by atoms with Gasteiger partial charge in [0.25, 0.3) is 0 Å². The predicted molar refractivity (Wildman–Crippen MR) is 137 cm³/mol. The Morgan fingerprint density at radius 2 is 1.82 bits per heavy atom. The molecule has 0 radical (unpaired) electrons. The lowest BCUT2D eigenvalue weighted by Gasteiger charge is -2.49. The third-order valence-electron chi connectivity index (χ3n) is 8.28. The number of methoxy groups -OCH3 is 2. The molecule has 2 aliphatic carbocycles. The zero-order chi connectivity index (χ0) is 29.1. The molecule has 0 saturated heterocycles. The number of rotatable bonds is 5. The van der Waals surface area contributed by atoms with Crippen LogP contribution in [0.4, 0.5) is 0 Å². The van der Waals surface area contributed by atoms with Crippen LogP contribution < -0.4 is 14.2 Å². The molecule has 11 nitrogen and oxygen atoms in total. The Labute approximate surface area is 231 Å². The molecule has 5 atom stereocenters. The lowest BCUT2D eigenvalue weighted by atomic mass is 9.60. The molecule has 0 saturated carbocycles. The highest BCUT2D eigenvalue weighted by molar-refractivity contribution is 6.06. The first kappa shape index (κ1) is 27.6. The summed E-state index contributed by atoms with van der Waals surface area (Å²) in [7, 11) is 2.73. The van der Waals surface area contributed by atoms with Crippen LogP contribution in [0.15, 0.2) is 40.9 Å². The molecule has 2 heterocycles. The number of benzene rings is 1. The molecular weight excluding hydrogens is 524 g/mol. The summed E-state index contributed by atoms with van der Waals surface area (Å²) in [4.78, 5) is 39.0. The van der Waals surface area contributed by atoms with E-state index in [2.05, 4.69) is 0 Å². The molecule has 0 unspecified atom stereocenters. The van der Waals surface area contributed by atoms with Crippen LogP contribution in [0.2, 0.25) is 0 Å². The number of hydrogen-bond acceptors (Lipinski definition) is 11. The number of ether oxygens (including phenoxy) is 7. The summed E-state index contributed by atoms with van der Waals surface area (Å²) in [5.41, 5.74) is -1.85. The average molecular weight is 557 g/mol. The molecule has 1 aromatic rings. The summed E-state index contributed by atoms with van der Waals surface area (Å²) in [6.45, 7) is 7.50. The van der Waals surface area contributed by atoms with Gasteiger partial charge in [-0.1, -0.05) is 13.0 Å². The highest BCUT2D eigenvalue weighted by atomic mass is 16.7. The Morgan fingerprint density at radius 1 is 1.10 bits per heavy atom. The Bertz CT molecular complexity index is 1400. The monoisotopic (exact) mass is 556 g/mol. The molecule has 40 heavy (non-hydrogen) atoms. The van der Waals surface area contributed by atoms with Crippen molar-refractivity contribution in [1.82, 2.24) is 0 Å². The second-order valence-corrected chi connectivity index (χ2v) is 10.4. The van der Waals surface area contributed by atoms with E-state index < -0.39 is 46.9 Å². The smallest absolute Gasteiger partial charge is 0.334 e. The summed E-state index contributed by atoms with van der Waals surface area (Å²) in [5, 5.41) is 12.2. The van der Waals surface area contributed by atoms with Crippen LogP contribution in [0, 0.1) is 5.92 Å². The van der Waals surface area contributed by atoms with Gasteiger partial charge in [0.2, 0.25) is 24.1 Å². The van der Waals surface area contributed by atoms with E-state index in [0.29, 0.717) is 33.9 Å². The van der Waals surface area contributed by atoms with Crippen LogP contribution in [0.25, 0.3) is 0 Å². The molecule has 1 N–H and O–H groups in total. The molecule has 0 fully saturated rings. The van der Waals surface area contributed by atoms with Gasteiger partial charge >= 0.3 is 11.9 Å². The van der Waals surface area contributed by atoms with Crippen molar-refractivity contribution < 1.29 is 52.6 Å². The third-order valence-corrected chi connectivity index (χ3v) is 8.28. The number of ketones is 1. The quantitative estimate of drug-likeness (QED) is 0.423. The molecule has 214 valence electrons. The van der Waals surface area contributed by atoms with E-state index in [1.165, 1.54) is 34.1 Å². The van der Waals surface area contributed by atoms with Gasteiger partial charge in [-0.05, 0) is 38.5 Å². The summed E-state index contributed by atoms with van der Waals surface area (Å²) in [5.74, 6) is -1.69. The number of allylic oxidation sites excluding steroid dienone is 2. The van der Waals surface area contributed by atoms with E-state index in [1.54, 1.807) is 32.9 Å². The molecule has 1 spiro atoms. The molecule has 0 bridgehead atoms. The van der Waals surface area contributed by atoms with Gasteiger partial charge in [0.05, 0.1) is 14.2 Å². The molecule has 0 aromatic heterocycles. The Kier molecular flexibility index (Phi) is 6.60. The van der Waals surface area contributed by atoms with Gasteiger partial charge < -0.3 is 38.3 Å². The van der Waals surface area contributed by atoms with Crippen molar-refractivity contribution in [2.75, 3.05) is 27.6 Å². The van der Waals surface area contributed by atoms with Crippen LogP contribution in [0.3, 0.4) is 0 Å². The number of aliphatic hydroxyl groups is 1. The molecule has 5 rings (SSSR count). The maximum atomic E-state index is 13.4. The van der Waals surface area contributed by atoms with Gasteiger partial charge in [-0.25, -0.2) is 4.79 Å². The van der Waals surface area contributed by atoms with Crippen molar-refractivity contribution in [2.45, 2.75) is 57.8 Å². The van der Waals surface area contributed by atoms with Crippen molar-refractivity contribution in [1.29, 1.82) is 0 Å². The van der Waals surface area contributed by atoms with Crippen molar-refractivity contribution in [3.63, 3.8) is 0 Å². The highest BCUT2D eigenvalue weighted by Gasteiger charge is 2.64. The van der Waals surface area contributed by atoms with Crippen molar-refractivity contribution in [3.8, 4) is 17.2 Å². The van der Waals surface area contributed by atoms with Crippen molar-refractivity contribution >= 4 is 17.7 Å². The standard InChI is InChI=1S/C29H32O11/c1-8-13(2)27(32)40-25-17-10-18(31)22(34-6)26(35-7)29(17)11-36-24-20(29)16(9-19-23(24)38-12-37-19)21(39-15(4)30)14(3)28(25,5)33/h8-10,14,21,25,33H,11-12H2,1-7H3/t14-,21+,25-,28-,29-/m0/s1. The Balaban J connectivity index is 1.92. The largest absolute Gasteiger partial charge is 0.496 e. The van der Waals surface area contributed by atoms with Gasteiger partial charge in [0.1, 0.15) is 23.7 Å². The lowest BCUT2D eigenvalue weighted by Crippen LogP contribution is -2.57. The van der Waals surface area contributed by atoms with Crippen LogP contribution >= 0.6 is 0 Å². The van der Waals surface area contributed by atoms with Gasteiger partial charge in [-0.15, -0.1) is 0 Å².